The van der Waals surface area contributed by atoms with Gasteiger partial charge in [-0.25, -0.2) is 8.42 Å². The Morgan fingerprint density at radius 1 is 1.25 bits per heavy atom. The number of hydrogen-bond acceptors (Lipinski definition) is 5. The normalized spacial score (nSPS) is 23.3. The first-order valence-corrected chi connectivity index (χ1v) is 12.0. The van der Waals surface area contributed by atoms with Crippen LogP contribution in [0.25, 0.3) is 0 Å². The zero-order valence-corrected chi connectivity index (χ0v) is 16.1. The fraction of sp³-hybridized carbons (Fsp3) is 0.562. The molecule has 5 nitrogen and oxygen atoms in total. The number of hydrogen-bond donors (Lipinski definition) is 1. The molecule has 0 unspecified atom stereocenters. The lowest BCUT2D eigenvalue weighted by Crippen LogP contribution is -2.42. The second-order valence-corrected chi connectivity index (χ2v) is 10.7. The Morgan fingerprint density at radius 3 is 2.71 bits per heavy atom. The van der Waals surface area contributed by atoms with Crippen LogP contribution in [-0.4, -0.2) is 49.0 Å². The van der Waals surface area contributed by atoms with E-state index in [2.05, 4.69) is 11.4 Å². The molecule has 0 aromatic heterocycles. The van der Waals surface area contributed by atoms with Crippen molar-refractivity contribution in [2.24, 2.45) is 0 Å². The molecule has 3 rings (SSSR count). The molecule has 0 aliphatic carbocycles. The number of nitrogens with one attached hydrogen (secondary N) is 1. The van der Waals surface area contributed by atoms with Gasteiger partial charge in [-0.3, -0.25) is 4.79 Å². The number of carbonyl (C=O) groups is 1. The SMILES string of the molecule is CS(=O)(=O)N1CCC[C@H]1C(=O)Nc1cccc(C2SCCCS2)c1. The maximum Gasteiger partial charge on any atom is 0.242 e. The van der Waals surface area contributed by atoms with Crippen LogP contribution < -0.4 is 5.32 Å². The minimum absolute atomic E-state index is 0.237. The Morgan fingerprint density at radius 2 is 2.00 bits per heavy atom. The molecular formula is C16H22N2O3S3. The first-order valence-electron chi connectivity index (χ1n) is 8.06. The van der Waals surface area contributed by atoms with Crippen LogP contribution in [-0.2, 0) is 14.8 Å². The van der Waals surface area contributed by atoms with Gasteiger partial charge in [0.1, 0.15) is 6.04 Å². The van der Waals surface area contributed by atoms with Crippen LogP contribution in [0, 0.1) is 0 Å². The summed E-state index contributed by atoms with van der Waals surface area (Å²) in [6.07, 6.45) is 3.70. The van der Waals surface area contributed by atoms with E-state index in [4.69, 9.17) is 0 Å². The van der Waals surface area contributed by atoms with E-state index in [-0.39, 0.29) is 5.91 Å². The van der Waals surface area contributed by atoms with Crippen molar-refractivity contribution in [1.82, 2.24) is 4.31 Å². The number of nitrogens with zero attached hydrogens (tertiary/aromatic N) is 1. The van der Waals surface area contributed by atoms with Crippen molar-refractivity contribution in [1.29, 1.82) is 0 Å². The second kappa shape index (κ2) is 7.68. The fourth-order valence-corrected chi connectivity index (χ4v) is 7.07. The van der Waals surface area contributed by atoms with Gasteiger partial charge in [-0.1, -0.05) is 12.1 Å². The van der Waals surface area contributed by atoms with Crippen molar-refractivity contribution in [3.63, 3.8) is 0 Å². The van der Waals surface area contributed by atoms with Crippen molar-refractivity contribution in [3.8, 4) is 0 Å². The summed E-state index contributed by atoms with van der Waals surface area (Å²) in [6, 6.07) is 7.31. The van der Waals surface area contributed by atoms with Gasteiger partial charge < -0.3 is 5.32 Å². The number of thioether (sulfide) groups is 2. The third-order valence-corrected chi connectivity index (χ3v) is 8.49. The number of anilines is 1. The molecule has 0 radical (unpaired) electrons. The van der Waals surface area contributed by atoms with E-state index in [1.807, 2.05) is 41.7 Å². The Kier molecular flexibility index (Phi) is 5.79. The molecular weight excluding hydrogens is 364 g/mol. The number of benzene rings is 1. The molecule has 2 aliphatic rings. The average molecular weight is 387 g/mol. The summed E-state index contributed by atoms with van der Waals surface area (Å²) in [7, 11) is -3.35. The molecule has 2 saturated heterocycles. The minimum atomic E-state index is -3.35. The first kappa shape index (κ1) is 18.1. The summed E-state index contributed by atoms with van der Waals surface area (Å²) in [6.45, 7) is 0.423. The van der Waals surface area contributed by atoms with Crippen LogP contribution in [0.3, 0.4) is 0 Å². The van der Waals surface area contributed by atoms with Gasteiger partial charge in [-0.15, -0.1) is 23.5 Å². The molecule has 24 heavy (non-hydrogen) atoms. The summed E-state index contributed by atoms with van der Waals surface area (Å²) < 4.78 is 25.3. The summed E-state index contributed by atoms with van der Waals surface area (Å²) in [5.41, 5.74) is 1.94. The van der Waals surface area contributed by atoms with E-state index in [0.717, 1.165) is 18.4 Å². The van der Waals surface area contributed by atoms with E-state index in [1.165, 1.54) is 27.8 Å². The first-order chi connectivity index (χ1) is 11.4. The van der Waals surface area contributed by atoms with Crippen LogP contribution >= 0.6 is 23.5 Å². The lowest BCUT2D eigenvalue weighted by atomic mass is 10.2. The van der Waals surface area contributed by atoms with Crippen LogP contribution in [0.4, 0.5) is 5.69 Å². The largest absolute Gasteiger partial charge is 0.325 e. The number of rotatable bonds is 4. The lowest BCUT2D eigenvalue weighted by Gasteiger charge is -2.23. The monoisotopic (exact) mass is 386 g/mol. The molecule has 0 bridgehead atoms. The van der Waals surface area contributed by atoms with Crippen molar-refractivity contribution in [2.75, 3.05) is 29.6 Å². The van der Waals surface area contributed by atoms with Gasteiger partial charge in [0.25, 0.3) is 0 Å². The molecule has 2 fully saturated rings. The molecule has 1 amide bonds. The molecule has 1 aromatic rings. The summed E-state index contributed by atoms with van der Waals surface area (Å²) in [4.78, 5) is 12.5. The highest BCUT2D eigenvalue weighted by atomic mass is 32.2. The van der Waals surface area contributed by atoms with Crippen molar-refractivity contribution in [2.45, 2.75) is 29.9 Å². The average Bonchev–Trinajstić information content (AvgIpc) is 3.06. The van der Waals surface area contributed by atoms with E-state index >= 15 is 0 Å². The van der Waals surface area contributed by atoms with Crippen LogP contribution in [0.15, 0.2) is 24.3 Å². The zero-order valence-electron chi connectivity index (χ0n) is 13.6. The summed E-state index contributed by atoms with van der Waals surface area (Å²) in [5, 5.41) is 2.90. The van der Waals surface area contributed by atoms with Gasteiger partial charge in [-0.2, -0.15) is 4.31 Å². The molecule has 1 aromatic carbocycles. The molecule has 8 heteroatoms. The molecule has 0 saturated carbocycles. The predicted molar refractivity (Wildman–Crippen MR) is 102 cm³/mol. The van der Waals surface area contributed by atoms with Gasteiger partial charge in [0.2, 0.25) is 15.9 Å². The van der Waals surface area contributed by atoms with E-state index in [9.17, 15) is 13.2 Å². The topological polar surface area (TPSA) is 66.5 Å². The second-order valence-electron chi connectivity index (χ2n) is 6.07. The van der Waals surface area contributed by atoms with Crippen LogP contribution in [0.1, 0.15) is 29.4 Å². The van der Waals surface area contributed by atoms with Crippen molar-refractivity contribution < 1.29 is 13.2 Å². The lowest BCUT2D eigenvalue weighted by molar-refractivity contribution is -0.119. The maximum absolute atomic E-state index is 12.5. The van der Waals surface area contributed by atoms with Crippen molar-refractivity contribution in [3.05, 3.63) is 29.8 Å². The van der Waals surface area contributed by atoms with E-state index in [1.54, 1.807) is 0 Å². The molecule has 0 spiro atoms. The van der Waals surface area contributed by atoms with Crippen molar-refractivity contribution >= 4 is 45.1 Å². The number of amides is 1. The summed E-state index contributed by atoms with van der Waals surface area (Å²) in [5.74, 6) is 2.10. The Balaban J connectivity index is 1.70. The quantitative estimate of drug-likeness (QED) is 0.862. The summed E-state index contributed by atoms with van der Waals surface area (Å²) >= 11 is 3.87. The molecule has 1 N–H and O–H groups in total. The minimum Gasteiger partial charge on any atom is -0.325 e. The zero-order chi connectivity index (χ0) is 17.2. The predicted octanol–water partition coefficient (Wildman–Crippen LogP) is 2.92. The Bertz CT molecular complexity index is 702. The van der Waals surface area contributed by atoms with Crippen LogP contribution in [0.2, 0.25) is 0 Å². The third-order valence-electron chi connectivity index (χ3n) is 4.19. The van der Waals surface area contributed by atoms with Gasteiger partial charge >= 0.3 is 0 Å². The fourth-order valence-electron chi connectivity index (χ4n) is 3.07. The smallest absolute Gasteiger partial charge is 0.242 e. The van der Waals surface area contributed by atoms with Gasteiger partial charge in [0, 0.05) is 12.2 Å². The van der Waals surface area contributed by atoms with E-state index in [0.29, 0.717) is 17.5 Å². The Labute approximate surface area is 152 Å². The van der Waals surface area contributed by atoms with Gasteiger partial charge in [0.05, 0.1) is 10.8 Å². The highest BCUT2D eigenvalue weighted by Crippen LogP contribution is 2.44. The highest BCUT2D eigenvalue weighted by Gasteiger charge is 2.36. The molecule has 132 valence electrons. The number of sulfonamides is 1. The molecule has 2 heterocycles. The Hall–Kier alpha value is -0.700. The molecule has 1 atom stereocenters. The molecule has 2 aliphatic heterocycles. The van der Waals surface area contributed by atoms with Crippen LogP contribution in [0.5, 0.6) is 0 Å². The third kappa shape index (κ3) is 4.28. The standard InChI is InChI=1S/C16H22N2O3S3/c1-24(20,21)18-8-3-7-14(18)15(19)17-13-6-2-5-12(11-13)16-22-9-4-10-23-16/h2,5-6,11,14,16H,3-4,7-10H2,1H3,(H,17,19)/t14-/m0/s1. The van der Waals surface area contributed by atoms with Gasteiger partial charge in [0.15, 0.2) is 0 Å². The van der Waals surface area contributed by atoms with Gasteiger partial charge in [-0.05, 0) is 48.5 Å². The van der Waals surface area contributed by atoms with E-state index < -0.39 is 16.1 Å². The maximum atomic E-state index is 12.5. The number of carbonyl (C=O) groups excluding carboxylic acids is 1. The highest BCUT2D eigenvalue weighted by molar-refractivity contribution is 8.16.